The van der Waals surface area contributed by atoms with Crippen LogP contribution < -0.4 is 56.7 Å². The van der Waals surface area contributed by atoms with Gasteiger partial charge in [0.2, 0.25) is 5.91 Å². The van der Waals surface area contributed by atoms with Crippen LogP contribution in [0, 0.1) is 0 Å². The second-order valence-corrected chi connectivity index (χ2v) is 7.60. The smallest absolute Gasteiger partial charge is 1.00 e. The molecule has 0 fully saturated rings. The van der Waals surface area contributed by atoms with E-state index >= 15 is 0 Å². The number of nitrogens with one attached hydrogen (secondary N) is 1. The van der Waals surface area contributed by atoms with Crippen LogP contribution >= 0.6 is 0 Å². The van der Waals surface area contributed by atoms with Crippen molar-refractivity contribution < 1.29 is 77.4 Å². The molecule has 2 aromatic rings. The molecule has 3 rings (SSSR count). The van der Waals surface area contributed by atoms with Gasteiger partial charge in [-0.2, -0.15) is 0 Å². The molecule has 1 amide bonds. The van der Waals surface area contributed by atoms with Crippen LogP contribution in [0.1, 0.15) is 31.5 Å². The number of nitrogens with zero attached hydrogens (tertiary/aromatic N) is 1. The molecule has 31 heavy (non-hydrogen) atoms. The molecule has 0 spiro atoms. The monoisotopic (exact) mass is 450 g/mol. The predicted octanol–water partition coefficient (Wildman–Crippen LogP) is -0.795. The van der Waals surface area contributed by atoms with Crippen molar-refractivity contribution in [1.29, 1.82) is 0 Å². The molecule has 0 saturated carbocycles. The number of hydrogen-bond acceptors (Lipinski definition) is 4. The summed E-state index contributed by atoms with van der Waals surface area (Å²) in [6.07, 6.45) is 1.11. The first-order chi connectivity index (χ1) is 14.4. The van der Waals surface area contributed by atoms with Gasteiger partial charge in [-0.1, -0.05) is 54.6 Å². The third-order valence-electron chi connectivity index (χ3n) is 5.50. The summed E-state index contributed by atoms with van der Waals surface area (Å²) in [5.74, 6) is -2.52. The Morgan fingerprint density at radius 1 is 1.06 bits per heavy atom. The van der Waals surface area contributed by atoms with Gasteiger partial charge < -0.3 is 16.5 Å². The number of benzene rings is 2. The van der Waals surface area contributed by atoms with E-state index in [0.717, 1.165) is 16.7 Å². The molecule has 0 aliphatic carbocycles. The molecule has 0 radical (unpaired) electrons. The van der Waals surface area contributed by atoms with Gasteiger partial charge in [0.15, 0.2) is 0 Å². The third kappa shape index (κ3) is 6.71. The maximum Gasteiger partial charge on any atom is 1.00 e. The molecule has 3 N–H and O–H groups in total. The average Bonchev–Trinajstić information content (AvgIpc) is 2.75. The van der Waals surface area contributed by atoms with Crippen LogP contribution in [0.3, 0.4) is 0 Å². The minimum absolute atomic E-state index is 0. The second-order valence-electron chi connectivity index (χ2n) is 7.60. The van der Waals surface area contributed by atoms with Gasteiger partial charge in [-0.3, -0.25) is 14.9 Å². The van der Waals surface area contributed by atoms with E-state index in [9.17, 15) is 24.6 Å². The van der Waals surface area contributed by atoms with Gasteiger partial charge in [-0.15, -0.1) is 0 Å². The van der Waals surface area contributed by atoms with Gasteiger partial charge in [0, 0.05) is 13.0 Å². The van der Waals surface area contributed by atoms with E-state index in [1.165, 1.54) is 4.90 Å². The molecular formula is C23H27KN2O5. The van der Waals surface area contributed by atoms with Gasteiger partial charge in [-0.25, -0.2) is 4.79 Å². The fourth-order valence-corrected chi connectivity index (χ4v) is 3.83. The van der Waals surface area contributed by atoms with Gasteiger partial charge in [-0.05, 0) is 36.5 Å². The summed E-state index contributed by atoms with van der Waals surface area (Å²) in [5.41, 5.74) is 2.85. The SMILES string of the molecule is CC(NC(CCc1ccccc1)C(=O)O)C(=O)N1Cc2ccccc2C[C@H]1C(=O)O.[H-].[K+]. The van der Waals surface area contributed by atoms with Crippen molar-refractivity contribution in [2.75, 3.05) is 0 Å². The van der Waals surface area contributed by atoms with Crippen molar-refractivity contribution in [1.82, 2.24) is 10.2 Å². The predicted molar refractivity (Wildman–Crippen MR) is 112 cm³/mol. The van der Waals surface area contributed by atoms with E-state index in [4.69, 9.17) is 0 Å². The number of aliphatic carboxylic acids is 2. The maximum absolute atomic E-state index is 13.1. The van der Waals surface area contributed by atoms with E-state index in [-0.39, 0.29) is 65.8 Å². The molecule has 160 valence electrons. The molecule has 2 unspecified atom stereocenters. The Hall–Kier alpha value is -1.55. The van der Waals surface area contributed by atoms with Crippen molar-refractivity contribution >= 4 is 17.8 Å². The number of carbonyl (C=O) groups is 3. The van der Waals surface area contributed by atoms with Crippen LogP contribution in [0.2, 0.25) is 0 Å². The number of rotatable bonds is 8. The van der Waals surface area contributed by atoms with Crippen LogP contribution in [-0.2, 0) is 33.8 Å². The van der Waals surface area contributed by atoms with Crippen LogP contribution in [0.5, 0.6) is 0 Å². The molecule has 7 nitrogen and oxygen atoms in total. The summed E-state index contributed by atoms with van der Waals surface area (Å²) >= 11 is 0. The maximum atomic E-state index is 13.1. The molecule has 1 aliphatic heterocycles. The molecule has 0 bridgehead atoms. The Labute approximate surface area is 225 Å². The molecule has 0 aromatic heterocycles. The van der Waals surface area contributed by atoms with Gasteiger partial charge in [0.05, 0.1) is 6.04 Å². The molecule has 3 atom stereocenters. The van der Waals surface area contributed by atoms with Crippen LogP contribution in [0.4, 0.5) is 0 Å². The van der Waals surface area contributed by atoms with Crippen LogP contribution in [0.15, 0.2) is 54.6 Å². The summed E-state index contributed by atoms with van der Waals surface area (Å²) in [6.45, 7) is 1.78. The summed E-state index contributed by atoms with van der Waals surface area (Å²) in [4.78, 5) is 37.9. The quantitative estimate of drug-likeness (QED) is 0.455. The Morgan fingerprint density at radius 3 is 2.29 bits per heavy atom. The first-order valence-electron chi connectivity index (χ1n) is 9.99. The Morgan fingerprint density at radius 2 is 1.68 bits per heavy atom. The topological polar surface area (TPSA) is 107 Å². The van der Waals surface area contributed by atoms with Crippen molar-refractivity contribution in [3.05, 3.63) is 71.3 Å². The van der Waals surface area contributed by atoms with Crippen molar-refractivity contribution in [2.24, 2.45) is 0 Å². The normalized spacial score (nSPS) is 17.1. The van der Waals surface area contributed by atoms with E-state index in [2.05, 4.69) is 5.32 Å². The minimum atomic E-state index is -1.07. The van der Waals surface area contributed by atoms with Crippen molar-refractivity contribution in [3.8, 4) is 0 Å². The Balaban J connectivity index is 0.00000256. The zero-order chi connectivity index (χ0) is 21.7. The van der Waals surface area contributed by atoms with Gasteiger partial charge >= 0.3 is 63.3 Å². The number of amides is 1. The Kier molecular flexibility index (Phi) is 9.86. The van der Waals surface area contributed by atoms with Gasteiger partial charge in [0.1, 0.15) is 12.1 Å². The van der Waals surface area contributed by atoms with Crippen molar-refractivity contribution in [3.63, 3.8) is 0 Å². The van der Waals surface area contributed by atoms with Crippen LogP contribution in [0.25, 0.3) is 0 Å². The largest absolute Gasteiger partial charge is 1.00 e. The fourth-order valence-electron chi connectivity index (χ4n) is 3.83. The molecule has 2 aromatic carbocycles. The zero-order valence-corrected chi connectivity index (χ0v) is 20.9. The van der Waals surface area contributed by atoms with E-state index in [1.807, 2.05) is 54.6 Å². The van der Waals surface area contributed by atoms with Gasteiger partial charge in [0.25, 0.3) is 0 Å². The molecule has 1 aliphatic rings. The van der Waals surface area contributed by atoms with E-state index < -0.39 is 36.0 Å². The number of carboxylic acid groups (broad SMARTS) is 2. The molecule has 8 heteroatoms. The zero-order valence-electron chi connectivity index (χ0n) is 18.8. The first kappa shape index (κ1) is 25.7. The fraction of sp³-hybridized carbons (Fsp3) is 0.348. The summed E-state index contributed by atoms with van der Waals surface area (Å²) in [5, 5.41) is 22.1. The standard InChI is InChI=1S/C23H26N2O5.K.H/c1-15(24-19(22(27)28)12-11-16-7-3-2-4-8-16)21(26)25-14-18-10-6-5-9-17(18)13-20(25)23(29)30;;/h2-10,15,19-20,24H,11-14H2,1H3,(H,27,28)(H,29,30);;/q;+1;-1/t15?,19?,20-;;/m0../s1. The summed E-state index contributed by atoms with van der Waals surface area (Å²) in [7, 11) is 0. The summed E-state index contributed by atoms with van der Waals surface area (Å²) < 4.78 is 0. The third-order valence-corrected chi connectivity index (χ3v) is 5.50. The molecular weight excluding hydrogens is 423 g/mol. The minimum Gasteiger partial charge on any atom is -1.00 e. The first-order valence-corrected chi connectivity index (χ1v) is 9.99. The van der Waals surface area contributed by atoms with E-state index in [0.29, 0.717) is 12.8 Å². The van der Waals surface area contributed by atoms with E-state index in [1.54, 1.807) is 6.92 Å². The molecule has 0 saturated heterocycles. The van der Waals surface area contributed by atoms with Crippen LogP contribution in [-0.4, -0.2) is 51.1 Å². The number of carbonyl (C=O) groups excluding carboxylic acids is 1. The summed E-state index contributed by atoms with van der Waals surface area (Å²) in [6, 6.07) is 14.3. The van der Waals surface area contributed by atoms with Crippen molar-refractivity contribution in [2.45, 2.75) is 50.9 Å². The Bertz CT molecular complexity index is 928. The number of hydrogen-bond donors (Lipinski definition) is 3. The number of fused-ring (bicyclic) bond motifs is 1. The second kappa shape index (κ2) is 11.9. The number of aryl methyl sites for hydroxylation is 1. The number of carboxylic acids is 2. The molecule has 1 heterocycles. The average molecular weight is 451 g/mol.